The van der Waals surface area contributed by atoms with Crippen molar-refractivity contribution in [2.45, 2.75) is 20.8 Å². The molecule has 7 nitrogen and oxygen atoms in total. The highest BCUT2D eigenvalue weighted by Crippen LogP contribution is 2.20. The van der Waals surface area contributed by atoms with E-state index in [0.717, 1.165) is 0 Å². The summed E-state index contributed by atoms with van der Waals surface area (Å²) in [5.41, 5.74) is -0.393. The predicted octanol–water partition coefficient (Wildman–Crippen LogP) is 1.93. The first-order valence-electron chi connectivity index (χ1n) is 6.98. The minimum Gasteiger partial charge on any atom is -0.461 e. The van der Waals surface area contributed by atoms with Gasteiger partial charge in [0.15, 0.2) is 0 Å². The molecular weight excluding hydrogens is 302 g/mol. The van der Waals surface area contributed by atoms with Gasteiger partial charge in [0.05, 0.1) is 5.41 Å². The highest BCUT2D eigenvalue weighted by Gasteiger charge is 2.31. The molecule has 0 aromatic carbocycles. The van der Waals surface area contributed by atoms with Crippen LogP contribution in [0.4, 0.5) is 4.79 Å². The van der Waals surface area contributed by atoms with Crippen LogP contribution >= 0.6 is 0 Å². The Labute approximate surface area is 136 Å². The van der Waals surface area contributed by atoms with E-state index in [-0.39, 0.29) is 31.0 Å². The van der Waals surface area contributed by atoms with Gasteiger partial charge in [-0.3, -0.25) is 0 Å². The van der Waals surface area contributed by atoms with Gasteiger partial charge in [-0.1, -0.05) is 13.2 Å². The van der Waals surface area contributed by atoms with E-state index >= 15 is 0 Å². The molecule has 0 unspecified atom stereocenters. The number of amides is 1. The maximum absolute atomic E-state index is 11.5. The first kappa shape index (κ1) is 20.7. The molecule has 0 saturated carbocycles. The first-order chi connectivity index (χ1) is 10.5. The first-order valence-corrected chi connectivity index (χ1v) is 6.98. The van der Waals surface area contributed by atoms with Crippen LogP contribution in [0.2, 0.25) is 0 Å². The largest absolute Gasteiger partial charge is 0.461 e. The van der Waals surface area contributed by atoms with E-state index < -0.39 is 23.4 Å². The normalized spacial score (nSPS) is 10.5. The van der Waals surface area contributed by atoms with Gasteiger partial charge in [-0.2, -0.15) is 0 Å². The maximum atomic E-state index is 11.5. The number of rotatable bonds is 8. The van der Waals surface area contributed by atoms with Crippen molar-refractivity contribution < 1.29 is 28.6 Å². The molecular formula is C16H25NO6. The van der Waals surface area contributed by atoms with Crippen molar-refractivity contribution >= 4 is 18.0 Å². The molecule has 0 radical (unpaired) electrons. The van der Waals surface area contributed by atoms with Crippen molar-refractivity contribution in [1.82, 2.24) is 4.90 Å². The third-order valence-electron chi connectivity index (χ3n) is 2.71. The van der Waals surface area contributed by atoms with E-state index in [2.05, 4.69) is 13.2 Å². The van der Waals surface area contributed by atoms with Crippen LogP contribution in [0.3, 0.4) is 0 Å². The molecule has 0 aromatic heterocycles. The Morgan fingerprint density at radius 2 is 1.22 bits per heavy atom. The van der Waals surface area contributed by atoms with Crippen molar-refractivity contribution in [1.29, 1.82) is 0 Å². The fourth-order valence-corrected chi connectivity index (χ4v) is 1.22. The van der Waals surface area contributed by atoms with E-state index in [0.29, 0.717) is 0 Å². The summed E-state index contributed by atoms with van der Waals surface area (Å²) >= 11 is 0. The number of carbonyl (C=O) groups excluding carboxylic acids is 3. The van der Waals surface area contributed by atoms with Crippen molar-refractivity contribution in [3.8, 4) is 0 Å². The zero-order valence-corrected chi connectivity index (χ0v) is 14.4. The lowest BCUT2D eigenvalue weighted by molar-refractivity contribution is -0.150. The molecule has 0 rings (SSSR count). The molecule has 0 fully saturated rings. The molecule has 7 heteroatoms. The zero-order chi connectivity index (χ0) is 18.2. The highest BCUT2D eigenvalue weighted by atomic mass is 16.6. The zero-order valence-electron chi connectivity index (χ0n) is 14.4. The van der Waals surface area contributed by atoms with Gasteiger partial charge < -0.3 is 19.1 Å². The van der Waals surface area contributed by atoms with E-state index in [1.807, 2.05) is 0 Å². The molecule has 1 amide bonds. The number of nitrogens with zero attached hydrogens (tertiary/aromatic N) is 1. The van der Waals surface area contributed by atoms with Crippen molar-refractivity contribution in [2.24, 2.45) is 5.41 Å². The monoisotopic (exact) mass is 327 g/mol. The van der Waals surface area contributed by atoms with Gasteiger partial charge in [0.1, 0.15) is 19.8 Å². The Kier molecular flexibility index (Phi) is 8.07. The van der Waals surface area contributed by atoms with Crippen LogP contribution in [0.1, 0.15) is 20.8 Å². The second-order valence-electron chi connectivity index (χ2n) is 5.97. The highest BCUT2D eigenvalue weighted by molar-refractivity contribution is 5.87. The summed E-state index contributed by atoms with van der Waals surface area (Å²) in [4.78, 5) is 35.9. The summed E-state index contributed by atoms with van der Waals surface area (Å²) in [5.74, 6) is -1.14. The molecule has 0 aromatic rings. The average Bonchev–Trinajstić information content (AvgIpc) is 2.47. The van der Waals surface area contributed by atoms with Gasteiger partial charge in [-0.25, -0.2) is 14.4 Å². The number of esters is 2. The Morgan fingerprint density at radius 1 is 0.870 bits per heavy atom. The van der Waals surface area contributed by atoms with Crippen LogP contribution in [-0.4, -0.2) is 56.8 Å². The van der Waals surface area contributed by atoms with Crippen LogP contribution in [0.5, 0.6) is 0 Å². The number of hydrogen-bond acceptors (Lipinski definition) is 6. The van der Waals surface area contributed by atoms with E-state index in [1.54, 1.807) is 21.0 Å². The summed E-state index contributed by atoms with van der Waals surface area (Å²) in [6.45, 7) is 11.4. The molecule has 0 aliphatic rings. The lowest BCUT2D eigenvalue weighted by Crippen LogP contribution is -2.38. The molecule has 0 heterocycles. The van der Waals surface area contributed by atoms with Gasteiger partial charge in [0.25, 0.3) is 0 Å². The Balaban J connectivity index is 4.84. The lowest BCUT2D eigenvalue weighted by atomic mass is 9.94. The SMILES string of the molecule is C=C(C)C(=O)OCC(C)(COC(=O)C(=C)C)COC(=O)N(C)C. The van der Waals surface area contributed by atoms with Gasteiger partial charge >= 0.3 is 18.0 Å². The third-order valence-corrected chi connectivity index (χ3v) is 2.71. The van der Waals surface area contributed by atoms with Crippen LogP contribution < -0.4 is 0 Å². The van der Waals surface area contributed by atoms with E-state index in [4.69, 9.17) is 14.2 Å². The van der Waals surface area contributed by atoms with Crippen molar-refractivity contribution in [3.05, 3.63) is 24.3 Å². The minimum absolute atomic E-state index is 0.0864. The van der Waals surface area contributed by atoms with Gasteiger partial charge in [-0.05, 0) is 20.8 Å². The molecule has 0 atom stereocenters. The van der Waals surface area contributed by atoms with Crippen LogP contribution in [-0.2, 0) is 23.8 Å². The predicted molar refractivity (Wildman–Crippen MR) is 84.7 cm³/mol. The third kappa shape index (κ3) is 8.04. The van der Waals surface area contributed by atoms with Crippen molar-refractivity contribution in [3.63, 3.8) is 0 Å². The van der Waals surface area contributed by atoms with Crippen LogP contribution in [0, 0.1) is 5.41 Å². The Hall–Kier alpha value is -2.31. The summed E-state index contributed by atoms with van der Waals surface area (Å²) in [7, 11) is 3.09. The minimum atomic E-state index is -0.887. The van der Waals surface area contributed by atoms with Gasteiger partial charge in [0.2, 0.25) is 0 Å². The fraction of sp³-hybridized carbons (Fsp3) is 0.562. The summed E-state index contributed by atoms with van der Waals surface area (Å²) in [5, 5.41) is 0. The van der Waals surface area contributed by atoms with Crippen LogP contribution in [0.25, 0.3) is 0 Å². The second-order valence-corrected chi connectivity index (χ2v) is 5.97. The van der Waals surface area contributed by atoms with Gasteiger partial charge in [-0.15, -0.1) is 0 Å². The van der Waals surface area contributed by atoms with E-state index in [9.17, 15) is 14.4 Å². The average molecular weight is 327 g/mol. The smallest absolute Gasteiger partial charge is 0.409 e. The molecule has 0 aliphatic heterocycles. The lowest BCUT2D eigenvalue weighted by Gasteiger charge is -2.28. The molecule has 23 heavy (non-hydrogen) atoms. The van der Waals surface area contributed by atoms with Crippen molar-refractivity contribution in [2.75, 3.05) is 33.9 Å². The molecule has 0 bridgehead atoms. The summed E-state index contributed by atoms with van der Waals surface area (Å²) in [6.07, 6.45) is -0.548. The molecule has 0 aliphatic carbocycles. The van der Waals surface area contributed by atoms with Crippen LogP contribution in [0.15, 0.2) is 24.3 Å². The maximum Gasteiger partial charge on any atom is 0.409 e. The molecule has 0 N–H and O–H groups in total. The molecule has 0 saturated heterocycles. The standard InChI is InChI=1S/C16H25NO6/c1-11(2)13(18)21-8-16(5,9-22-14(19)12(3)4)10-23-15(20)17(6)7/h1,3,8-10H2,2,4-7H3. The topological polar surface area (TPSA) is 82.1 Å². The number of ether oxygens (including phenoxy) is 3. The number of carbonyl (C=O) groups is 3. The summed E-state index contributed by atoms with van der Waals surface area (Å²) in [6, 6.07) is 0. The Morgan fingerprint density at radius 3 is 1.52 bits per heavy atom. The van der Waals surface area contributed by atoms with E-state index in [1.165, 1.54) is 18.7 Å². The quantitative estimate of drug-likeness (QED) is 0.385. The fourth-order valence-electron chi connectivity index (χ4n) is 1.22. The number of hydrogen-bond donors (Lipinski definition) is 0. The Bertz CT molecular complexity index is 465. The van der Waals surface area contributed by atoms with Gasteiger partial charge in [0, 0.05) is 25.2 Å². The molecule has 130 valence electrons. The molecule has 0 spiro atoms. The second kappa shape index (κ2) is 8.97. The summed E-state index contributed by atoms with van der Waals surface area (Å²) < 4.78 is 15.3.